The molecular formula is C19H22N2O4. The van der Waals surface area contributed by atoms with Gasteiger partial charge in [-0.2, -0.15) is 0 Å². The molecule has 6 nitrogen and oxygen atoms in total. The number of ether oxygens (including phenoxy) is 2. The molecule has 6 heteroatoms. The summed E-state index contributed by atoms with van der Waals surface area (Å²) in [5, 5.41) is 0. The number of furan rings is 1. The highest BCUT2D eigenvalue weighted by Gasteiger charge is 2.52. The van der Waals surface area contributed by atoms with Gasteiger partial charge in [0.1, 0.15) is 0 Å². The summed E-state index contributed by atoms with van der Waals surface area (Å²) in [5.74, 6) is 0.636. The van der Waals surface area contributed by atoms with Crippen molar-refractivity contribution in [2.45, 2.75) is 13.5 Å². The van der Waals surface area contributed by atoms with Gasteiger partial charge in [0, 0.05) is 30.1 Å². The first kappa shape index (κ1) is 16.3. The van der Waals surface area contributed by atoms with E-state index in [9.17, 15) is 4.79 Å². The lowest BCUT2D eigenvalue weighted by molar-refractivity contribution is 0.0172. The van der Waals surface area contributed by atoms with Gasteiger partial charge in [-0.1, -0.05) is 6.07 Å². The molecule has 0 N–H and O–H groups in total. The molecule has 25 heavy (non-hydrogen) atoms. The van der Waals surface area contributed by atoms with E-state index in [1.54, 1.807) is 12.1 Å². The normalized spacial score (nSPS) is 25.3. The summed E-state index contributed by atoms with van der Waals surface area (Å²) in [7, 11) is 0. The van der Waals surface area contributed by atoms with E-state index >= 15 is 0 Å². The minimum atomic E-state index is -0.133. The number of aryl methyl sites for hydroxylation is 1. The summed E-state index contributed by atoms with van der Waals surface area (Å²) in [6.45, 7) is 5.63. The molecule has 0 unspecified atom stereocenters. The van der Waals surface area contributed by atoms with E-state index in [1.807, 2.05) is 30.0 Å². The molecule has 1 amide bonds. The molecule has 132 valence electrons. The zero-order valence-electron chi connectivity index (χ0n) is 14.3. The minimum absolute atomic E-state index is 0.0564. The number of likely N-dealkylation sites (tertiary alicyclic amines) is 1. The summed E-state index contributed by atoms with van der Waals surface area (Å²) >= 11 is 0. The van der Waals surface area contributed by atoms with Crippen molar-refractivity contribution in [3.8, 4) is 0 Å². The number of hydrogen-bond acceptors (Lipinski definition) is 5. The van der Waals surface area contributed by atoms with Crippen molar-refractivity contribution in [3.05, 3.63) is 53.7 Å². The maximum atomic E-state index is 12.6. The van der Waals surface area contributed by atoms with Gasteiger partial charge in [0.2, 0.25) is 0 Å². The summed E-state index contributed by atoms with van der Waals surface area (Å²) in [5.41, 5.74) is 1.78. The van der Waals surface area contributed by atoms with E-state index in [1.165, 1.54) is 6.26 Å². The second-order valence-corrected chi connectivity index (χ2v) is 7.00. The molecule has 0 radical (unpaired) electrons. The van der Waals surface area contributed by atoms with E-state index in [0.717, 1.165) is 11.4 Å². The van der Waals surface area contributed by atoms with Crippen LogP contribution in [0.2, 0.25) is 0 Å². The van der Waals surface area contributed by atoms with Gasteiger partial charge in [0.15, 0.2) is 5.76 Å². The van der Waals surface area contributed by atoms with Gasteiger partial charge in [0.25, 0.3) is 5.91 Å². The molecule has 2 aromatic heterocycles. The average molecular weight is 342 g/mol. The van der Waals surface area contributed by atoms with Crippen molar-refractivity contribution in [3.63, 3.8) is 0 Å². The highest BCUT2D eigenvalue weighted by molar-refractivity contribution is 5.91. The number of rotatable bonds is 5. The Morgan fingerprint density at radius 3 is 3.12 bits per heavy atom. The van der Waals surface area contributed by atoms with E-state index in [0.29, 0.717) is 51.2 Å². The summed E-state index contributed by atoms with van der Waals surface area (Å²) in [6.07, 6.45) is 1.53. The molecule has 4 rings (SSSR count). The molecule has 0 aliphatic carbocycles. The summed E-state index contributed by atoms with van der Waals surface area (Å²) in [6, 6.07) is 9.37. The van der Waals surface area contributed by atoms with Crippen LogP contribution in [-0.2, 0) is 16.1 Å². The van der Waals surface area contributed by atoms with E-state index in [-0.39, 0.29) is 11.3 Å². The van der Waals surface area contributed by atoms with Crippen molar-refractivity contribution in [1.29, 1.82) is 0 Å². The molecule has 2 fully saturated rings. The number of nitrogens with zero attached hydrogens (tertiary/aromatic N) is 2. The quantitative estimate of drug-likeness (QED) is 0.834. The monoisotopic (exact) mass is 342 g/mol. The van der Waals surface area contributed by atoms with Gasteiger partial charge in [-0.3, -0.25) is 9.78 Å². The molecule has 0 bridgehead atoms. The molecule has 2 atom stereocenters. The van der Waals surface area contributed by atoms with Crippen molar-refractivity contribution in [1.82, 2.24) is 9.88 Å². The minimum Gasteiger partial charge on any atom is -0.459 e. The molecule has 2 aromatic rings. The van der Waals surface area contributed by atoms with Gasteiger partial charge in [-0.05, 0) is 31.2 Å². The van der Waals surface area contributed by atoms with E-state index in [2.05, 4.69) is 4.98 Å². The van der Waals surface area contributed by atoms with Crippen molar-refractivity contribution < 1.29 is 18.7 Å². The SMILES string of the molecule is Cc1cccc(COC[C@]23COC[C@H]2CN(C(=O)c2ccco2)C3)n1. The molecule has 0 aromatic carbocycles. The van der Waals surface area contributed by atoms with E-state index in [4.69, 9.17) is 13.9 Å². The Hall–Kier alpha value is -2.18. The van der Waals surface area contributed by atoms with Crippen molar-refractivity contribution >= 4 is 5.91 Å². The highest BCUT2D eigenvalue weighted by Crippen LogP contribution is 2.42. The number of carbonyl (C=O) groups excluding carboxylic acids is 1. The third-order valence-electron chi connectivity index (χ3n) is 5.13. The first-order chi connectivity index (χ1) is 12.2. The molecule has 0 spiro atoms. The van der Waals surface area contributed by atoms with Crippen LogP contribution in [-0.4, -0.2) is 48.7 Å². The Balaban J connectivity index is 1.40. The number of aromatic nitrogens is 1. The number of hydrogen-bond donors (Lipinski definition) is 0. The predicted molar refractivity (Wildman–Crippen MR) is 90.0 cm³/mol. The lowest BCUT2D eigenvalue weighted by Crippen LogP contribution is -2.37. The topological polar surface area (TPSA) is 64.8 Å². The molecule has 2 saturated heterocycles. The van der Waals surface area contributed by atoms with Crippen LogP contribution in [0.25, 0.3) is 0 Å². The average Bonchev–Trinajstić information content (AvgIpc) is 3.30. The van der Waals surface area contributed by atoms with Gasteiger partial charge < -0.3 is 18.8 Å². The second kappa shape index (κ2) is 6.61. The van der Waals surface area contributed by atoms with Crippen LogP contribution in [0.15, 0.2) is 41.0 Å². The standard InChI is InChI=1S/C19H22N2O4/c1-14-4-2-5-16(20-14)10-24-13-19-11-21(8-15(19)9-23-12-19)18(22)17-6-3-7-25-17/h2-7,15H,8-13H2,1H3/t15-,19+/m1/s1. The third kappa shape index (κ3) is 3.19. The fourth-order valence-corrected chi connectivity index (χ4v) is 3.79. The summed E-state index contributed by atoms with van der Waals surface area (Å²) < 4.78 is 16.9. The lowest BCUT2D eigenvalue weighted by atomic mass is 9.82. The number of pyridine rings is 1. The van der Waals surface area contributed by atoms with Gasteiger partial charge in [0.05, 0.1) is 38.4 Å². The lowest BCUT2D eigenvalue weighted by Gasteiger charge is -2.26. The fourth-order valence-electron chi connectivity index (χ4n) is 3.79. The van der Waals surface area contributed by atoms with Crippen LogP contribution in [0.4, 0.5) is 0 Å². The van der Waals surface area contributed by atoms with Crippen LogP contribution in [0, 0.1) is 18.3 Å². The van der Waals surface area contributed by atoms with Crippen LogP contribution in [0.5, 0.6) is 0 Å². The van der Waals surface area contributed by atoms with Gasteiger partial charge in [-0.25, -0.2) is 0 Å². The van der Waals surface area contributed by atoms with E-state index < -0.39 is 0 Å². The summed E-state index contributed by atoms with van der Waals surface area (Å²) in [4.78, 5) is 18.9. The zero-order valence-corrected chi connectivity index (χ0v) is 14.3. The van der Waals surface area contributed by atoms with Gasteiger partial charge in [-0.15, -0.1) is 0 Å². The predicted octanol–water partition coefficient (Wildman–Crippen LogP) is 2.29. The van der Waals surface area contributed by atoms with Crippen LogP contribution in [0.3, 0.4) is 0 Å². The van der Waals surface area contributed by atoms with Crippen LogP contribution >= 0.6 is 0 Å². The molecule has 4 heterocycles. The molecule has 2 aliphatic heterocycles. The Labute approximate surface area is 146 Å². The fraction of sp³-hybridized carbons (Fsp3) is 0.474. The Morgan fingerprint density at radius 2 is 2.32 bits per heavy atom. The van der Waals surface area contributed by atoms with Crippen molar-refractivity contribution in [2.75, 3.05) is 32.9 Å². The van der Waals surface area contributed by atoms with Crippen LogP contribution < -0.4 is 0 Å². The third-order valence-corrected chi connectivity index (χ3v) is 5.13. The zero-order chi connectivity index (χ0) is 17.3. The molecule has 0 saturated carbocycles. The van der Waals surface area contributed by atoms with Crippen LogP contribution in [0.1, 0.15) is 21.9 Å². The maximum absolute atomic E-state index is 12.6. The molecular weight excluding hydrogens is 320 g/mol. The second-order valence-electron chi connectivity index (χ2n) is 7.00. The molecule has 2 aliphatic rings. The number of amides is 1. The smallest absolute Gasteiger partial charge is 0.289 e. The largest absolute Gasteiger partial charge is 0.459 e. The Kier molecular flexibility index (Phi) is 4.31. The number of fused-ring (bicyclic) bond motifs is 1. The Morgan fingerprint density at radius 1 is 1.40 bits per heavy atom. The highest BCUT2D eigenvalue weighted by atomic mass is 16.5. The number of carbonyl (C=O) groups is 1. The Bertz CT molecular complexity index is 746. The first-order valence-electron chi connectivity index (χ1n) is 8.57. The first-order valence-corrected chi connectivity index (χ1v) is 8.57. The van der Waals surface area contributed by atoms with Crippen molar-refractivity contribution in [2.24, 2.45) is 11.3 Å². The van der Waals surface area contributed by atoms with Gasteiger partial charge >= 0.3 is 0 Å². The maximum Gasteiger partial charge on any atom is 0.289 e.